The van der Waals surface area contributed by atoms with E-state index in [9.17, 15) is 39.0 Å². The van der Waals surface area contributed by atoms with Gasteiger partial charge in [0, 0.05) is 11.8 Å². The lowest BCUT2D eigenvalue weighted by molar-refractivity contribution is -0.306. The number of hydrogen-bond acceptors (Lipinski definition) is 8. The van der Waals surface area contributed by atoms with Gasteiger partial charge in [0.25, 0.3) is 0 Å². The molecule has 3 aliphatic carbocycles. The van der Waals surface area contributed by atoms with Crippen molar-refractivity contribution in [1.29, 1.82) is 0 Å². The predicted octanol–water partition coefficient (Wildman–Crippen LogP) is -4.50. The Morgan fingerprint density at radius 2 is 0.962 bits per heavy atom. The molecule has 0 radical (unpaired) electrons. The molecule has 2 heterocycles. The lowest BCUT2D eigenvalue weighted by Crippen LogP contribution is -2.50. The second kappa shape index (κ2) is 5.23. The Kier molecular flexibility index (Phi) is 3.30. The number of carbonyl (C=O) groups is 6. The summed E-state index contributed by atoms with van der Waals surface area (Å²) in [7, 11) is 0. The van der Waals surface area contributed by atoms with Gasteiger partial charge >= 0.3 is 0 Å². The van der Waals surface area contributed by atoms with Crippen LogP contribution < -0.4 is 10.2 Å². The first-order chi connectivity index (χ1) is 12.2. The van der Waals surface area contributed by atoms with Crippen molar-refractivity contribution in [2.45, 2.75) is 0 Å². The highest BCUT2D eigenvalue weighted by Crippen LogP contribution is 2.57. The minimum Gasteiger partial charge on any atom is -0.548 e. The molecule has 2 unspecified atom stereocenters. The average molecular weight is 360 g/mol. The van der Waals surface area contributed by atoms with Gasteiger partial charge < -0.3 is 19.8 Å². The molecule has 0 spiro atoms. The highest BCUT2D eigenvalue weighted by atomic mass is 16.4. The summed E-state index contributed by atoms with van der Waals surface area (Å²) >= 11 is 0. The summed E-state index contributed by atoms with van der Waals surface area (Å²) in [5.41, 5.74) is 0. The average Bonchev–Trinajstić information content (AvgIpc) is 2.98. The fourth-order valence-electron chi connectivity index (χ4n) is 4.92. The molecule has 2 aliphatic heterocycles. The molecular formula is C16H12N2O8-2. The molecule has 5 rings (SSSR count). The smallest absolute Gasteiger partial charge is 0.234 e. The summed E-state index contributed by atoms with van der Waals surface area (Å²) in [4.78, 5) is 73.2. The van der Waals surface area contributed by atoms with E-state index in [-0.39, 0.29) is 0 Å². The molecular weight excluding hydrogens is 348 g/mol. The highest BCUT2D eigenvalue weighted by molar-refractivity contribution is 6.12. The number of likely N-dealkylation sites (tertiary alicyclic amines) is 2. The van der Waals surface area contributed by atoms with E-state index in [2.05, 4.69) is 0 Å². The Morgan fingerprint density at radius 3 is 1.19 bits per heavy atom. The van der Waals surface area contributed by atoms with Crippen LogP contribution in [0.5, 0.6) is 0 Å². The lowest BCUT2D eigenvalue weighted by atomic mass is 9.54. The van der Waals surface area contributed by atoms with Gasteiger partial charge in [-0.2, -0.15) is 0 Å². The van der Waals surface area contributed by atoms with Crippen molar-refractivity contribution < 1.29 is 39.0 Å². The number of carbonyl (C=O) groups excluding carboxylic acids is 6. The molecule has 0 N–H and O–H groups in total. The van der Waals surface area contributed by atoms with Gasteiger partial charge in [-0.05, 0) is 0 Å². The highest BCUT2D eigenvalue weighted by Gasteiger charge is 2.68. The van der Waals surface area contributed by atoms with Crippen molar-refractivity contribution in [2.24, 2.45) is 35.5 Å². The van der Waals surface area contributed by atoms with Gasteiger partial charge in [0.1, 0.15) is 0 Å². The van der Waals surface area contributed by atoms with E-state index in [4.69, 9.17) is 0 Å². The van der Waals surface area contributed by atoms with Crippen molar-refractivity contribution >= 4 is 35.6 Å². The minimum atomic E-state index is -1.59. The molecule has 136 valence electrons. The first-order valence-corrected chi connectivity index (χ1v) is 8.02. The number of aliphatic carboxylic acids is 2. The summed E-state index contributed by atoms with van der Waals surface area (Å²) < 4.78 is 0. The van der Waals surface area contributed by atoms with E-state index in [1.54, 1.807) is 12.2 Å². The first kappa shape index (κ1) is 16.4. The maximum atomic E-state index is 12.6. The zero-order valence-electron chi connectivity index (χ0n) is 13.2. The van der Waals surface area contributed by atoms with E-state index < -0.39 is 84.2 Å². The van der Waals surface area contributed by atoms with Gasteiger partial charge in [-0.1, -0.05) is 12.2 Å². The fraction of sp³-hybridized carbons (Fsp3) is 0.500. The Bertz CT molecular complexity index is 707. The number of hydrogen-bond donors (Lipinski definition) is 0. The number of carboxylic acids is 2. The summed E-state index contributed by atoms with van der Waals surface area (Å²) in [6, 6.07) is 0. The van der Waals surface area contributed by atoms with Crippen LogP contribution in [-0.4, -0.2) is 58.5 Å². The second-order valence-corrected chi connectivity index (χ2v) is 6.91. The van der Waals surface area contributed by atoms with Crippen LogP contribution in [0.3, 0.4) is 0 Å². The normalized spacial score (nSPS) is 37.4. The number of nitrogens with zero attached hydrogens (tertiary/aromatic N) is 2. The van der Waals surface area contributed by atoms with Crippen LogP contribution >= 0.6 is 0 Å². The summed E-state index contributed by atoms with van der Waals surface area (Å²) in [5, 5.41) is 21.7. The van der Waals surface area contributed by atoms with Gasteiger partial charge in [-0.15, -0.1) is 0 Å². The van der Waals surface area contributed by atoms with Gasteiger partial charge in [0.15, 0.2) is 0 Å². The van der Waals surface area contributed by atoms with Crippen LogP contribution in [0.25, 0.3) is 0 Å². The first-order valence-electron chi connectivity index (χ1n) is 8.02. The molecule has 10 nitrogen and oxygen atoms in total. The standard InChI is InChI=1S/C16H14N2O8/c19-7(20)3-17-13(23)9-5-1-2-6(11(9)15(17)25)12-10(5)14(24)18(16(12)26)4-8(21)22/h1-2,5-6,9-12H,3-4H2,(H,19,20)(H,21,22)/p-2/t5?,6?,9-,10+,11-,12+. The molecule has 2 saturated heterocycles. The Balaban J connectivity index is 1.72. The molecule has 10 heteroatoms. The molecule has 0 aromatic rings. The molecule has 0 aromatic heterocycles. The fourth-order valence-corrected chi connectivity index (χ4v) is 4.92. The molecule has 1 saturated carbocycles. The van der Waals surface area contributed by atoms with Crippen LogP contribution in [0.4, 0.5) is 0 Å². The van der Waals surface area contributed by atoms with Crippen LogP contribution in [0.15, 0.2) is 12.2 Å². The Hall–Kier alpha value is -3.04. The third-order valence-corrected chi connectivity index (χ3v) is 5.77. The SMILES string of the molecule is O=C([O-])CN1C(=O)[C@@H]2C3C=CC([C@H]2C1=O)[C@@H]1C(=O)N(CC(=O)[O-])C(=O)[C@@H]31. The van der Waals surface area contributed by atoms with E-state index in [1.165, 1.54) is 0 Å². The topological polar surface area (TPSA) is 155 Å². The van der Waals surface area contributed by atoms with Crippen molar-refractivity contribution in [3.8, 4) is 0 Å². The number of rotatable bonds is 4. The monoisotopic (exact) mass is 360 g/mol. The second-order valence-electron chi connectivity index (χ2n) is 6.91. The minimum absolute atomic E-state index is 0.604. The lowest BCUT2D eigenvalue weighted by Gasteiger charge is -2.44. The van der Waals surface area contributed by atoms with Crippen LogP contribution in [0.1, 0.15) is 0 Å². The van der Waals surface area contributed by atoms with E-state index in [0.717, 1.165) is 0 Å². The predicted molar refractivity (Wildman–Crippen MR) is 73.5 cm³/mol. The largest absolute Gasteiger partial charge is 0.548 e. The van der Waals surface area contributed by atoms with Crippen molar-refractivity contribution in [2.75, 3.05) is 13.1 Å². The zero-order chi connectivity index (χ0) is 18.9. The maximum Gasteiger partial charge on any atom is 0.234 e. The van der Waals surface area contributed by atoms with E-state index >= 15 is 0 Å². The van der Waals surface area contributed by atoms with Crippen molar-refractivity contribution in [1.82, 2.24) is 9.80 Å². The molecule has 2 bridgehead atoms. The zero-order valence-corrected chi connectivity index (χ0v) is 13.2. The van der Waals surface area contributed by atoms with Gasteiger partial charge in [-0.25, -0.2) is 0 Å². The van der Waals surface area contributed by atoms with Gasteiger partial charge in [0.05, 0.1) is 48.7 Å². The quantitative estimate of drug-likeness (QED) is 0.359. The van der Waals surface area contributed by atoms with Crippen molar-refractivity contribution in [3.05, 3.63) is 12.2 Å². The third-order valence-electron chi connectivity index (χ3n) is 5.77. The molecule has 3 fully saturated rings. The molecule has 6 atom stereocenters. The maximum absolute atomic E-state index is 12.6. The molecule has 5 aliphatic rings. The summed E-state index contributed by atoms with van der Waals surface area (Å²) in [5.74, 6) is -11.3. The number of carboxylic acid groups (broad SMARTS) is 2. The van der Waals surface area contributed by atoms with Gasteiger partial charge in [-0.3, -0.25) is 29.0 Å². The Morgan fingerprint density at radius 1 is 0.692 bits per heavy atom. The molecule has 0 aromatic carbocycles. The van der Waals surface area contributed by atoms with Crippen molar-refractivity contribution in [3.63, 3.8) is 0 Å². The number of amides is 4. The summed E-state index contributed by atoms with van der Waals surface area (Å²) in [6.07, 6.45) is 3.18. The number of imide groups is 2. The van der Waals surface area contributed by atoms with Crippen LogP contribution in [0.2, 0.25) is 0 Å². The van der Waals surface area contributed by atoms with Gasteiger partial charge in [0.2, 0.25) is 23.6 Å². The number of allylic oxidation sites excluding steroid dienone is 2. The van der Waals surface area contributed by atoms with E-state index in [1.807, 2.05) is 0 Å². The third kappa shape index (κ3) is 1.92. The van der Waals surface area contributed by atoms with Crippen LogP contribution in [0, 0.1) is 35.5 Å². The molecule has 26 heavy (non-hydrogen) atoms. The molecule has 4 amide bonds. The summed E-state index contributed by atoms with van der Waals surface area (Å²) in [6.45, 7) is -1.75. The Labute approximate surface area is 146 Å². The van der Waals surface area contributed by atoms with Crippen LogP contribution in [-0.2, 0) is 28.8 Å². The van der Waals surface area contributed by atoms with E-state index in [0.29, 0.717) is 9.80 Å².